The minimum Gasteiger partial charge on any atom is -0.457 e. The zero-order chi connectivity index (χ0) is 17.4. The second kappa shape index (κ2) is 8.67. The minimum atomic E-state index is -0.548. The van der Waals surface area contributed by atoms with Crippen LogP contribution in [0.5, 0.6) is 0 Å². The predicted octanol–water partition coefficient (Wildman–Crippen LogP) is 1.29. The summed E-state index contributed by atoms with van der Waals surface area (Å²) in [5.41, 5.74) is 8.08. The lowest BCUT2D eigenvalue weighted by molar-refractivity contribution is -0.477. The molecule has 0 aliphatic rings. The summed E-state index contributed by atoms with van der Waals surface area (Å²) in [5.74, 6) is -0.770. The number of hydrazine groups is 1. The highest BCUT2D eigenvalue weighted by molar-refractivity contribution is 6.32. The van der Waals surface area contributed by atoms with Crippen molar-refractivity contribution in [3.8, 4) is 0 Å². The average molecular weight is 330 g/mol. The van der Waals surface area contributed by atoms with Gasteiger partial charge < -0.3 is 4.74 Å². The molecule has 5 nitrogen and oxygen atoms in total. The van der Waals surface area contributed by atoms with Crippen LogP contribution in [0.2, 0.25) is 0 Å². The maximum absolute atomic E-state index is 13.7. The third-order valence-corrected chi connectivity index (χ3v) is 3.28. The van der Waals surface area contributed by atoms with E-state index in [9.17, 15) is 9.18 Å². The first kappa shape index (κ1) is 17.5. The van der Waals surface area contributed by atoms with Gasteiger partial charge in [0.25, 0.3) is 0 Å². The number of benzene rings is 2. The van der Waals surface area contributed by atoms with Crippen LogP contribution < -0.4 is 15.8 Å². The van der Waals surface area contributed by atoms with Gasteiger partial charge in [-0.1, -0.05) is 35.9 Å². The molecule has 2 aromatic carbocycles. The Kier molecular flexibility index (Phi) is 6.31. The van der Waals surface area contributed by atoms with Crippen LogP contribution in [-0.4, -0.2) is 18.4 Å². The Bertz CT molecular complexity index is 714. The topological polar surface area (TPSA) is 64.3 Å². The highest BCUT2D eigenvalue weighted by Crippen LogP contribution is 2.06. The zero-order valence-electron chi connectivity index (χ0n) is 13.7. The van der Waals surface area contributed by atoms with Crippen molar-refractivity contribution < 1.29 is 18.9 Å². The van der Waals surface area contributed by atoms with Crippen LogP contribution in [0.15, 0.2) is 48.5 Å². The number of carbonyl (C=O) groups is 1. The highest BCUT2D eigenvalue weighted by Gasteiger charge is 2.20. The molecule has 0 heterocycles. The summed E-state index contributed by atoms with van der Waals surface area (Å²) >= 11 is 0. The second-order valence-corrected chi connectivity index (χ2v) is 5.16. The first-order chi connectivity index (χ1) is 11.6. The third kappa shape index (κ3) is 5.08. The van der Waals surface area contributed by atoms with E-state index in [1.165, 1.54) is 6.07 Å². The van der Waals surface area contributed by atoms with E-state index in [-0.39, 0.29) is 24.8 Å². The minimum absolute atomic E-state index is 0.112. The van der Waals surface area contributed by atoms with Gasteiger partial charge in [-0.2, -0.15) is 5.43 Å². The molecular weight excluding hydrogens is 309 g/mol. The SMILES string of the molecule is CCOC(=O)C(NNc1ccc(C)cc1)=[NH+]Cc1ccccc1F. The van der Waals surface area contributed by atoms with Gasteiger partial charge in [0.15, 0.2) is 0 Å². The molecule has 0 saturated carbocycles. The van der Waals surface area contributed by atoms with Crippen LogP contribution in [0.3, 0.4) is 0 Å². The number of esters is 1. The maximum atomic E-state index is 13.7. The normalized spacial score (nSPS) is 11.0. The summed E-state index contributed by atoms with van der Waals surface area (Å²) in [6.45, 7) is 4.11. The molecule has 0 saturated heterocycles. The van der Waals surface area contributed by atoms with Gasteiger partial charge in [0.05, 0.1) is 12.3 Å². The van der Waals surface area contributed by atoms with Gasteiger partial charge in [-0.3, -0.25) is 4.99 Å². The van der Waals surface area contributed by atoms with Crippen LogP contribution in [0.1, 0.15) is 18.1 Å². The second-order valence-electron chi connectivity index (χ2n) is 5.16. The van der Waals surface area contributed by atoms with E-state index in [0.717, 1.165) is 11.3 Å². The van der Waals surface area contributed by atoms with E-state index in [1.54, 1.807) is 25.1 Å². The third-order valence-electron chi connectivity index (χ3n) is 3.28. The van der Waals surface area contributed by atoms with Crippen LogP contribution in [0.4, 0.5) is 10.1 Å². The largest absolute Gasteiger partial charge is 0.457 e. The van der Waals surface area contributed by atoms with E-state index >= 15 is 0 Å². The lowest BCUT2D eigenvalue weighted by Gasteiger charge is -2.06. The molecule has 2 rings (SSSR count). The fourth-order valence-corrected chi connectivity index (χ4v) is 1.97. The quantitative estimate of drug-likeness (QED) is 0.335. The summed E-state index contributed by atoms with van der Waals surface area (Å²) in [5, 5.41) is 0. The van der Waals surface area contributed by atoms with Gasteiger partial charge in [0, 0.05) is 5.56 Å². The van der Waals surface area contributed by atoms with Gasteiger partial charge in [-0.25, -0.2) is 14.6 Å². The number of rotatable bonds is 5. The van der Waals surface area contributed by atoms with Crippen molar-refractivity contribution in [3.63, 3.8) is 0 Å². The average Bonchev–Trinajstić information content (AvgIpc) is 2.58. The standard InChI is InChI=1S/C18H20FN3O2/c1-3-24-18(23)17(20-12-14-6-4-5-7-16(14)19)22-21-15-10-8-13(2)9-11-15/h4-11,21H,3,12H2,1-2H3,(H,20,22)/p+1. The van der Waals surface area contributed by atoms with Gasteiger partial charge in [0.2, 0.25) is 0 Å². The summed E-state index contributed by atoms with van der Waals surface area (Å²) in [4.78, 5) is 14.9. The number of aryl methyl sites for hydroxylation is 1. The van der Waals surface area contributed by atoms with E-state index < -0.39 is 5.97 Å². The van der Waals surface area contributed by atoms with E-state index in [2.05, 4.69) is 15.8 Å². The van der Waals surface area contributed by atoms with Crippen molar-refractivity contribution in [2.24, 2.45) is 0 Å². The van der Waals surface area contributed by atoms with Crippen molar-refractivity contribution in [2.75, 3.05) is 12.0 Å². The number of anilines is 1. The Balaban J connectivity index is 2.09. The van der Waals surface area contributed by atoms with E-state index in [1.807, 2.05) is 31.2 Å². The molecule has 126 valence electrons. The van der Waals surface area contributed by atoms with Crippen LogP contribution >= 0.6 is 0 Å². The van der Waals surface area contributed by atoms with Gasteiger partial charge in [-0.15, -0.1) is 0 Å². The van der Waals surface area contributed by atoms with Crippen molar-refractivity contribution in [1.29, 1.82) is 0 Å². The van der Waals surface area contributed by atoms with Crippen LogP contribution in [0, 0.1) is 12.7 Å². The first-order valence-electron chi connectivity index (χ1n) is 7.70. The monoisotopic (exact) mass is 330 g/mol. The van der Waals surface area contributed by atoms with Crippen molar-refractivity contribution in [3.05, 3.63) is 65.5 Å². The molecule has 3 N–H and O–H groups in total. The molecule has 2 aromatic rings. The molecule has 0 aromatic heterocycles. The summed E-state index contributed by atoms with van der Waals surface area (Å²) in [7, 11) is 0. The van der Waals surface area contributed by atoms with E-state index in [0.29, 0.717) is 5.56 Å². The van der Waals surface area contributed by atoms with Gasteiger partial charge in [-0.05, 0) is 32.0 Å². The first-order valence-corrected chi connectivity index (χ1v) is 7.70. The van der Waals surface area contributed by atoms with Crippen molar-refractivity contribution >= 4 is 17.5 Å². The summed E-state index contributed by atoms with van der Waals surface area (Å²) in [6, 6.07) is 14.0. The zero-order valence-corrected chi connectivity index (χ0v) is 13.7. The molecular formula is C18H21FN3O2+. The Morgan fingerprint density at radius 3 is 2.54 bits per heavy atom. The number of carbonyl (C=O) groups excluding carboxylic acids is 1. The number of hydrogen-bond acceptors (Lipinski definition) is 3. The number of hydrogen-bond donors (Lipinski definition) is 3. The number of amidine groups is 1. The Labute approximate surface area is 140 Å². The lowest BCUT2D eigenvalue weighted by Crippen LogP contribution is -2.77. The van der Waals surface area contributed by atoms with Gasteiger partial charge >= 0.3 is 11.8 Å². The fraction of sp³-hybridized carbons (Fsp3) is 0.222. The summed E-state index contributed by atoms with van der Waals surface area (Å²) in [6.07, 6.45) is 0. The molecule has 6 heteroatoms. The molecule has 0 atom stereocenters. The van der Waals surface area contributed by atoms with Gasteiger partial charge in [0.1, 0.15) is 12.4 Å². The molecule has 0 aliphatic carbocycles. The van der Waals surface area contributed by atoms with Crippen molar-refractivity contribution in [1.82, 2.24) is 5.43 Å². The predicted molar refractivity (Wildman–Crippen MR) is 90.6 cm³/mol. The number of ether oxygens (including phenoxy) is 1. The summed E-state index contributed by atoms with van der Waals surface area (Å²) < 4.78 is 18.7. The Morgan fingerprint density at radius 2 is 1.88 bits per heavy atom. The molecule has 0 unspecified atom stereocenters. The molecule has 0 fully saturated rings. The molecule has 0 aliphatic heterocycles. The number of nitrogens with one attached hydrogen (secondary N) is 3. The fourth-order valence-electron chi connectivity index (χ4n) is 1.97. The Morgan fingerprint density at radius 1 is 1.17 bits per heavy atom. The molecule has 0 radical (unpaired) electrons. The van der Waals surface area contributed by atoms with Crippen LogP contribution in [-0.2, 0) is 16.1 Å². The molecule has 24 heavy (non-hydrogen) atoms. The van der Waals surface area contributed by atoms with Crippen LogP contribution in [0.25, 0.3) is 0 Å². The van der Waals surface area contributed by atoms with E-state index in [4.69, 9.17) is 4.74 Å². The molecule has 0 amide bonds. The Hall–Kier alpha value is -2.89. The highest BCUT2D eigenvalue weighted by atomic mass is 19.1. The smallest absolute Gasteiger partial charge is 0.423 e. The molecule has 0 spiro atoms. The maximum Gasteiger partial charge on any atom is 0.423 e. The number of halogens is 1. The lowest BCUT2D eigenvalue weighted by atomic mass is 10.2. The van der Waals surface area contributed by atoms with Crippen molar-refractivity contribution in [2.45, 2.75) is 20.4 Å². The molecule has 0 bridgehead atoms.